The van der Waals surface area contributed by atoms with Crippen LogP contribution >= 0.6 is 12.2 Å². The quantitative estimate of drug-likeness (QED) is 0.820. The molecule has 2 N–H and O–H groups in total. The predicted molar refractivity (Wildman–Crippen MR) is 98.1 cm³/mol. The highest BCUT2D eigenvalue weighted by Gasteiger charge is 2.14. The molecule has 0 amide bonds. The summed E-state index contributed by atoms with van der Waals surface area (Å²) in [6.45, 7) is 9.13. The zero-order chi connectivity index (χ0) is 17.0. The molecule has 0 saturated carbocycles. The van der Waals surface area contributed by atoms with E-state index < -0.39 is 0 Å². The van der Waals surface area contributed by atoms with Crippen LogP contribution in [0.1, 0.15) is 36.7 Å². The zero-order valence-corrected chi connectivity index (χ0v) is 15.1. The van der Waals surface area contributed by atoms with E-state index in [-0.39, 0.29) is 6.04 Å². The first-order valence-electron chi connectivity index (χ1n) is 7.70. The maximum atomic E-state index is 5.44. The van der Waals surface area contributed by atoms with Crippen molar-refractivity contribution < 1.29 is 4.74 Å². The van der Waals surface area contributed by atoms with Crippen molar-refractivity contribution in [3.63, 3.8) is 0 Å². The van der Waals surface area contributed by atoms with Crippen molar-refractivity contribution >= 4 is 23.0 Å². The third-order valence-corrected chi connectivity index (χ3v) is 4.08. The second-order valence-corrected chi connectivity index (χ2v) is 5.93. The fourth-order valence-corrected chi connectivity index (χ4v) is 2.84. The maximum Gasteiger partial charge on any atom is 0.171 e. The van der Waals surface area contributed by atoms with Crippen molar-refractivity contribution in [2.24, 2.45) is 0 Å². The van der Waals surface area contributed by atoms with Gasteiger partial charge in [-0.15, -0.1) is 0 Å². The lowest BCUT2D eigenvalue weighted by Gasteiger charge is -2.18. The summed E-state index contributed by atoms with van der Waals surface area (Å²) >= 11 is 5.44. The van der Waals surface area contributed by atoms with E-state index in [1.165, 1.54) is 0 Å². The van der Waals surface area contributed by atoms with Crippen LogP contribution in [0.25, 0.3) is 0 Å². The molecule has 2 aromatic rings. The van der Waals surface area contributed by atoms with Crippen LogP contribution in [0.5, 0.6) is 5.75 Å². The second kappa shape index (κ2) is 7.46. The Morgan fingerprint density at radius 3 is 2.74 bits per heavy atom. The predicted octanol–water partition coefficient (Wildman–Crippen LogP) is 3.58. The summed E-state index contributed by atoms with van der Waals surface area (Å²) in [5, 5.41) is 11.5. The summed E-state index contributed by atoms with van der Waals surface area (Å²) in [5.74, 6) is 0.766. The Balaban J connectivity index is 2.07. The number of nitrogens with one attached hydrogen (secondary N) is 2. The molecule has 0 aliphatic heterocycles. The third-order valence-electron chi connectivity index (χ3n) is 3.86. The topological polar surface area (TPSA) is 51.1 Å². The van der Waals surface area contributed by atoms with Crippen molar-refractivity contribution in [2.45, 2.75) is 40.3 Å². The number of nitrogens with zero attached hydrogens (tertiary/aromatic N) is 2. The number of aromatic nitrogens is 2. The Bertz CT molecular complexity index is 696. The smallest absolute Gasteiger partial charge is 0.171 e. The van der Waals surface area contributed by atoms with Gasteiger partial charge in [0.15, 0.2) is 5.11 Å². The van der Waals surface area contributed by atoms with Crippen molar-refractivity contribution in [2.75, 3.05) is 12.4 Å². The van der Waals surface area contributed by atoms with Crippen LogP contribution in [0.3, 0.4) is 0 Å². The molecule has 1 heterocycles. The molecule has 6 heteroatoms. The molecule has 2 rings (SSSR count). The van der Waals surface area contributed by atoms with Crippen LogP contribution in [-0.2, 0) is 6.54 Å². The molecule has 0 saturated heterocycles. The number of methoxy groups -OCH3 is 1. The molecular formula is C17H24N4OS. The van der Waals surface area contributed by atoms with Gasteiger partial charge in [-0.1, -0.05) is 6.07 Å². The van der Waals surface area contributed by atoms with E-state index in [1.807, 2.05) is 36.0 Å². The van der Waals surface area contributed by atoms with Gasteiger partial charge in [-0.3, -0.25) is 4.68 Å². The lowest BCUT2D eigenvalue weighted by molar-refractivity contribution is 0.417. The Labute approximate surface area is 143 Å². The fourth-order valence-electron chi connectivity index (χ4n) is 2.56. The van der Waals surface area contributed by atoms with Gasteiger partial charge >= 0.3 is 0 Å². The Hall–Kier alpha value is -2.08. The summed E-state index contributed by atoms with van der Waals surface area (Å²) in [5.41, 5.74) is 4.30. The van der Waals surface area contributed by atoms with Crippen LogP contribution in [0.4, 0.5) is 5.69 Å². The van der Waals surface area contributed by atoms with Gasteiger partial charge in [0.05, 0.1) is 25.0 Å². The van der Waals surface area contributed by atoms with Gasteiger partial charge in [0.25, 0.3) is 0 Å². The van der Waals surface area contributed by atoms with E-state index in [0.29, 0.717) is 5.11 Å². The lowest BCUT2D eigenvalue weighted by atomic mass is 10.1. The minimum absolute atomic E-state index is 0.0751. The minimum atomic E-state index is 0.0751. The summed E-state index contributed by atoms with van der Waals surface area (Å²) in [4.78, 5) is 0. The number of hydrogen-bond donors (Lipinski definition) is 2. The Morgan fingerprint density at radius 1 is 1.39 bits per heavy atom. The number of hydrogen-bond acceptors (Lipinski definition) is 3. The first-order chi connectivity index (χ1) is 11.0. The molecule has 1 atom stereocenters. The average Bonchev–Trinajstić information content (AvgIpc) is 2.88. The van der Waals surface area contributed by atoms with E-state index >= 15 is 0 Å². The zero-order valence-electron chi connectivity index (χ0n) is 14.3. The highest BCUT2D eigenvalue weighted by molar-refractivity contribution is 7.80. The molecule has 0 fully saturated rings. The summed E-state index contributed by atoms with van der Waals surface area (Å²) in [7, 11) is 1.65. The highest BCUT2D eigenvalue weighted by atomic mass is 32.1. The Kier molecular flexibility index (Phi) is 5.60. The Morgan fingerprint density at radius 2 is 2.13 bits per heavy atom. The molecule has 0 radical (unpaired) electrons. The van der Waals surface area contributed by atoms with Gasteiger partial charge in [-0.25, -0.2) is 0 Å². The van der Waals surface area contributed by atoms with E-state index in [4.69, 9.17) is 17.0 Å². The summed E-state index contributed by atoms with van der Waals surface area (Å²) in [6.07, 6.45) is 1.90. The lowest BCUT2D eigenvalue weighted by Crippen LogP contribution is -2.31. The number of anilines is 1. The van der Waals surface area contributed by atoms with Crippen molar-refractivity contribution in [1.29, 1.82) is 0 Å². The maximum absolute atomic E-state index is 5.44. The number of aryl methyl sites for hydroxylation is 2. The van der Waals surface area contributed by atoms with Gasteiger partial charge in [0, 0.05) is 17.8 Å². The fraction of sp³-hybridized carbons (Fsp3) is 0.412. The third kappa shape index (κ3) is 4.01. The number of ether oxygens (including phenoxy) is 1. The standard InChI is InChI=1S/C17H24N4OS/c1-6-21-13(4)14(10-18-21)12(3)19-17(23)20-15-9-11(2)7-8-16(15)22-5/h7-10,12H,6H2,1-5H3,(H2,19,20,23). The summed E-state index contributed by atoms with van der Waals surface area (Å²) in [6, 6.07) is 6.02. The van der Waals surface area contributed by atoms with E-state index in [2.05, 4.69) is 36.5 Å². The van der Waals surface area contributed by atoms with Crippen molar-refractivity contribution in [3.05, 3.63) is 41.2 Å². The molecule has 0 aliphatic rings. The normalized spacial score (nSPS) is 11.9. The molecule has 0 bridgehead atoms. The first kappa shape index (κ1) is 17.3. The van der Waals surface area contributed by atoms with Gasteiger partial charge in [0.2, 0.25) is 0 Å². The molecule has 0 aliphatic carbocycles. The monoisotopic (exact) mass is 332 g/mol. The van der Waals surface area contributed by atoms with E-state index in [1.54, 1.807) is 7.11 Å². The van der Waals surface area contributed by atoms with Crippen LogP contribution in [0, 0.1) is 13.8 Å². The van der Waals surface area contributed by atoms with Gasteiger partial charge in [-0.05, 0) is 57.6 Å². The van der Waals surface area contributed by atoms with Gasteiger partial charge < -0.3 is 15.4 Å². The molecule has 5 nitrogen and oxygen atoms in total. The number of benzene rings is 1. The van der Waals surface area contributed by atoms with E-state index in [0.717, 1.165) is 34.8 Å². The highest BCUT2D eigenvalue weighted by Crippen LogP contribution is 2.25. The second-order valence-electron chi connectivity index (χ2n) is 5.52. The molecule has 23 heavy (non-hydrogen) atoms. The number of thiocarbonyl (C=S) groups is 1. The largest absolute Gasteiger partial charge is 0.495 e. The van der Waals surface area contributed by atoms with Crippen molar-refractivity contribution in [3.8, 4) is 5.75 Å². The average molecular weight is 332 g/mol. The molecular weight excluding hydrogens is 308 g/mol. The van der Waals surface area contributed by atoms with Gasteiger partial charge in [0.1, 0.15) is 5.75 Å². The first-order valence-corrected chi connectivity index (χ1v) is 8.11. The van der Waals surface area contributed by atoms with Crippen LogP contribution in [0.15, 0.2) is 24.4 Å². The molecule has 1 aromatic heterocycles. The van der Waals surface area contributed by atoms with Crippen molar-refractivity contribution in [1.82, 2.24) is 15.1 Å². The minimum Gasteiger partial charge on any atom is -0.495 e. The molecule has 1 unspecified atom stereocenters. The molecule has 0 spiro atoms. The number of rotatable bonds is 5. The summed E-state index contributed by atoms with van der Waals surface area (Å²) < 4.78 is 7.34. The van der Waals surface area contributed by atoms with Crippen LogP contribution in [-0.4, -0.2) is 22.0 Å². The van der Waals surface area contributed by atoms with Gasteiger partial charge in [-0.2, -0.15) is 5.10 Å². The van der Waals surface area contributed by atoms with E-state index in [9.17, 15) is 0 Å². The SMILES string of the molecule is CCn1ncc(C(C)NC(=S)Nc2cc(C)ccc2OC)c1C. The molecule has 1 aromatic carbocycles. The van der Waals surface area contributed by atoms with Crippen LogP contribution < -0.4 is 15.4 Å². The van der Waals surface area contributed by atoms with Crippen LogP contribution in [0.2, 0.25) is 0 Å². The molecule has 124 valence electrons.